The minimum Gasteiger partial charge on any atom is -0.496 e. The maximum Gasteiger partial charge on any atom is 0.187 e. The second-order valence-electron chi connectivity index (χ2n) is 6.30. The second-order valence-corrected chi connectivity index (χ2v) is 6.30. The highest BCUT2D eigenvalue weighted by molar-refractivity contribution is 6.06. The molecule has 0 amide bonds. The topological polar surface area (TPSA) is 48.4 Å². The molecule has 0 fully saturated rings. The molecule has 0 aliphatic heterocycles. The summed E-state index contributed by atoms with van der Waals surface area (Å²) in [5.74, 6) is 1.48. The Morgan fingerprint density at radius 2 is 1.93 bits per heavy atom. The molecule has 0 saturated heterocycles. The molecule has 0 N–H and O–H groups in total. The minimum atomic E-state index is -0.0854. The lowest BCUT2D eigenvalue weighted by Gasteiger charge is -2.11. The van der Waals surface area contributed by atoms with Gasteiger partial charge in [0.05, 0.1) is 7.11 Å². The van der Waals surface area contributed by atoms with Crippen molar-refractivity contribution in [2.24, 2.45) is 0 Å². The Balaban J connectivity index is 1.72. The molecule has 3 rings (SSSR count). The molecular weight excluding hydrogens is 350 g/mol. The van der Waals surface area contributed by atoms with Gasteiger partial charge in [0, 0.05) is 23.5 Å². The summed E-state index contributed by atoms with van der Waals surface area (Å²) in [6, 6.07) is 17.3. The minimum absolute atomic E-state index is 0.0854. The Kier molecular flexibility index (Phi) is 6.58. The Labute approximate surface area is 165 Å². The van der Waals surface area contributed by atoms with E-state index in [1.54, 1.807) is 43.8 Å². The summed E-state index contributed by atoms with van der Waals surface area (Å²) in [6.45, 7) is 2.51. The lowest BCUT2D eigenvalue weighted by atomic mass is 10.1. The smallest absolute Gasteiger partial charge is 0.187 e. The monoisotopic (exact) mass is 373 g/mol. The number of nitrogens with zero attached hydrogens (tertiary/aromatic N) is 1. The zero-order valence-corrected chi connectivity index (χ0v) is 16.1. The van der Waals surface area contributed by atoms with E-state index in [1.165, 1.54) is 5.56 Å². The second kappa shape index (κ2) is 9.51. The molecule has 4 heteroatoms. The van der Waals surface area contributed by atoms with E-state index in [0.717, 1.165) is 29.0 Å². The normalized spacial score (nSPS) is 10.8. The molecule has 0 saturated carbocycles. The number of benzene rings is 2. The standard InChI is InChI=1S/C24H23NO3/c1-3-18-6-10-22(11-7-18)28-17-21-15-19(9-13-24(21)27-2)8-12-23(26)20-5-4-14-25-16-20/h4-16H,3,17H2,1-2H3/b12-8+. The predicted octanol–water partition coefficient (Wildman–Crippen LogP) is 5.13. The summed E-state index contributed by atoms with van der Waals surface area (Å²) in [7, 11) is 1.64. The van der Waals surface area contributed by atoms with Crippen molar-refractivity contribution >= 4 is 11.9 Å². The summed E-state index contributed by atoms with van der Waals surface area (Å²) in [4.78, 5) is 16.2. The number of carbonyl (C=O) groups excluding carboxylic acids is 1. The van der Waals surface area contributed by atoms with E-state index in [9.17, 15) is 4.79 Å². The molecule has 1 heterocycles. The van der Waals surface area contributed by atoms with Crippen molar-refractivity contribution in [2.75, 3.05) is 7.11 Å². The Morgan fingerprint density at radius 1 is 1.11 bits per heavy atom. The Hall–Kier alpha value is -3.40. The van der Waals surface area contributed by atoms with Crippen LogP contribution in [0.5, 0.6) is 11.5 Å². The van der Waals surface area contributed by atoms with Crippen LogP contribution in [0.3, 0.4) is 0 Å². The van der Waals surface area contributed by atoms with Crippen LogP contribution in [0.1, 0.15) is 34.0 Å². The number of pyridine rings is 1. The van der Waals surface area contributed by atoms with Crippen molar-refractivity contribution in [3.63, 3.8) is 0 Å². The molecule has 1 aromatic heterocycles. The van der Waals surface area contributed by atoms with Gasteiger partial charge in [-0.1, -0.05) is 31.2 Å². The van der Waals surface area contributed by atoms with Gasteiger partial charge in [-0.05, 0) is 60.0 Å². The molecule has 0 radical (unpaired) electrons. The molecule has 28 heavy (non-hydrogen) atoms. The number of ketones is 1. The average molecular weight is 373 g/mol. The molecular formula is C24H23NO3. The van der Waals surface area contributed by atoms with E-state index in [2.05, 4.69) is 24.0 Å². The molecule has 3 aromatic rings. The van der Waals surface area contributed by atoms with Gasteiger partial charge in [0.2, 0.25) is 0 Å². The molecule has 0 bridgehead atoms. The molecule has 0 aliphatic rings. The van der Waals surface area contributed by atoms with Crippen LogP contribution in [0.25, 0.3) is 6.08 Å². The molecule has 0 atom stereocenters. The van der Waals surface area contributed by atoms with Crippen molar-refractivity contribution < 1.29 is 14.3 Å². The molecule has 0 unspecified atom stereocenters. The van der Waals surface area contributed by atoms with Gasteiger partial charge >= 0.3 is 0 Å². The van der Waals surface area contributed by atoms with Crippen molar-refractivity contribution in [1.82, 2.24) is 4.98 Å². The first kappa shape index (κ1) is 19.4. The maximum atomic E-state index is 12.2. The fraction of sp³-hybridized carbons (Fsp3) is 0.167. The number of hydrogen-bond acceptors (Lipinski definition) is 4. The highest BCUT2D eigenvalue weighted by Crippen LogP contribution is 2.23. The van der Waals surface area contributed by atoms with Gasteiger partial charge in [-0.3, -0.25) is 9.78 Å². The number of methoxy groups -OCH3 is 1. The van der Waals surface area contributed by atoms with Crippen LogP contribution in [0.4, 0.5) is 0 Å². The highest BCUT2D eigenvalue weighted by atomic mass is 16.5. The number of aryl methyl sites for hydroxylation is 1. The highest BCUT2D eigenvalue weighted by Gasteiger charge is 2.06. The summed E-state index contributed by atoms with van der Waals surface area (Å²) < 4.78 is 11.3. The van der Waals surface area contributed by atoms with Gasteiger partial charge in [0.15, 0.2) is 5.78 Å². The first-order valence-corrected chi connectivity index (χ1v) is 9.20. The molecule has 0 aliphatic carbocycles. The summed E-state index contributed by atoms with van der Waals surface area (Å²) in [6.07, 6.45) is 7.54. The molecule has 142 valence electrons. The Bertz CT molecular complexity index is 947. The van der Waals surface area contributed by atoms with E-state index in [4.69, 9.17) is 9.47 Å². The van der Waals surface area contributed by atoms with Crippen LogP contribution in [0.15, 0.2) is 73.1 Å². The maximum absolute atomic E-state index is 12.2. The van der Waals surface area contributed by atoms with E-state index in [1.807, 2.05) is 30.3 Å². The summed E-state index contributed by atoms with van der Waals surface area (Å²) >= 11 is 0. The number of rotatable bonds is 8. The zero-order valence-electron chi connectivity index (χ0n) is 16.1. The van der Waals surface area contributed by atoms with E-state index in [-0.39, 0.29) is 5.78 Å². The van der Waals surface area contributed by atoms with Crippen LogP contribution in [0.2, 0.25) is 0 Å². The van der Waals surface area contributed by atoms with E-state index >= 15 is 0 Å². The van der Waals surface area contributed by atoms with Gasteiger partial charge < -0.3 is 9.47 Å². The van der Waals surface area contributed by atoms with E-state index < -0.39 is 0 Å². The van der Waals surface area contributed by atoms with Crippen LogP contribution in [-0.2, 0) is 13.0 Å². The Morgan fingerprint density at radius 3 is 2.61 bits per heavy atom. The largest absolute Gasteiger partial charge is 0.496 e. The van der Waals surface area contributed by atoms with E-state index in [0.29, 0.717) is 12.2 Å². The van der Waals surface area contributed by atoms with Crippen molar-refractivity contribution in [1.29, 1.82) is 0 Å². The fourth-order valence-corrected chi connectivity index (χ4v) is 2.77. The SMILES string of the molecule is CCc1ccc(OCc2cc(/C=C/C(=O)c3cccnc3)ccc2OC)cc1. The van der Waals surface area contributed by atoms with Crippen LogP contribution < -0.4 is 9.47 Å². The van der Waals surface area contributed by atoms with Crippen molar-refractivity contribution in [3.8, 4) is 11.5 Å². The summed E-state index contributed by atoms with van der Waals surface area (Å²) in [5.41, 5.74) is 3.65. The van der Waals surface area contributed by atoms with Gasteiger partial charge in [-0.25, -0.2) is 0 Å². The first-order valence-electron chi connectivity index (χ1n) is 9.20. The third-order valence-electron chi connectivity index (χ3n) is 4.40. The van der Waals surface area contributed by atoms with Gasteiger partial charge in [0.25, 0.3) is 0 Å². The first-order chi connectivity index (χ1) is 13.7. The molecule has 0 spiro atoms. The van der Waals surface area contributed by atoms with Gasteiger partial charge in [-0.15, -0.1) is 0 Å². The zero-order chi connectivity index (χ0) is 19.8. The van der Waals surface area contributed by atoms with Crippen LogP contribution in [0, 0.1) is 0 Å². The fourth-order valence-electron chi connectivity index (χ4n) is 2.77. The third-order valence-corrected chi connectivity index (χ3v) is 4.40. The molecule has 4 nitrogen and oxygen atoms in total. The average Bonchev–Trinajstić information content (AvgIpc) is 2.77. The number of aromatic nitrogens is 1. The lowest BCUT2D eigenvalue weighted by molar-refractivity contribution is 0.104. The number of hydrogen-bond donors (Lipinski definition) is 0. The lowest BCUT2D eigenvalue weighted by Crippen LogP contribution is -1.99. The van der Waals surface area contributed by atoms with Crippen molar-refractivity contribution in [2.45, 2.75) is 20.0 Å². The van der Waals surface area contributed by atoms with Crippen molar-refractivity contribution in [3.05, 3.63) is 95.3 Å². The number of carbonyl (C=O) groups is 1. The van der Waals surface area contributed by atoms with Gasteiger partial charge in [0.1, 0.15) is 18.1 Å². The third kappa shape index (κ3) is 5.07. The quantitative estimate of drug-likeness (QED) is 0.406. The van der Waals surface area contributed by atoms with Crippen LogP contribution >= 0.6 is 0 Å². The predicted molar refractivity (Wildman–Crippen MR) is 111 cm³/mol. The van der Waals surface area contributed by atoms with Crippen LogP contribution in [-0.4, -0.2) is 17.9 Å². The number of ether oxygens (including phenoxy) is 2. The number of allylic oxidation sites excluding steroid dienone is 1. The molecule has 2 aromatic carbocycles. The van der Waals surface area contributed by atoms with Gasteiger partial charge in [-0.2, -0.15) is 0 Å². The summed E-state index contributed by atoms with van der Waals surface area (Å²) in [5, 5.41) is 0.